The lowest BCUT2D eigenvalue weighted by Crippen LogP contribution is -2.66. The standard InChI is InChI=1S/C12H18N2O2/c1-16-9-4-2-3-8(7-9)5-6-10-11(13)12(15)14-10/h3-4,10-11H,2,5-7,13H2,1H3,(H,14,15). The molecule has 1 aliphatic carbocycles. The molecule has 0 radical (unpaired) electrons. The number of hydrogen-bond acceptors (Lipinski definition) is 3. The summed E-state index contributed by atoms with van der Waals surface area (Å²) in [6.45, 7) is 0. The molecule has 3 N–H and O–H groups in total. The van der Waals surface area contributed by atoms with Crippen molar-refractivity contribution in [2.24, 2.45) is 5.73 Å². The van der Waals surface area contributed by atoms with E-state index in [1.807, 2.05) is 0 Å². The van der Waals surface area contributed by atoms with Crippen LogP contribution in [0.15, 0.2) is 23.5 Å². The van der Waals surface area contributed by atoms with Crippen molar-refractivity contribution >= 4 is 5.91 Å². The first kappa shape index (κ1) is 11.2. The van der Waals surface area contributed by atoms with E-state index in [4.69, 9.17) is 10.5 Å². The molecule has 4 heteroatoms. The third kappa shape index (κ3) is 2.27. The highest BCUT2D eigenvalue weighted by atomic mass is 16.5. The van der Waals surface area contributed by atoms with Crippen LogP contribution in [-0.2, 0) is 9.53 Å². The summed E-state index contributed by atoms with van der Waals surface area (Å²) < 4.78 is 5.23. The fourth-order valence-electron chi connectivity index (χ4n) is 2.12. The highest BCUT2D eigenvalue weighted by molar-refractivity contribution is 5.88. The molecule has 2 unspecified atom stereocenters. The van der Waals surface area contributed by atoms with Crippen LogP contribution in [0, 0.1) is 0 Å². The van der Waals surface area contributed by atoms with Crippen molar-refractivity contribution in [1.29, 1.82) is 0 Å². The average Bonchev–Trinajstić information content (AvgIpc) is 2.34. The van der Waals surface area contributed by atoms with Gasteiger partial charge in [0.05, 0.1) is 18.9 Å². The van der Waals surface area contributed by atoms with Crippen LogP contribution in [0.4, 0.5) is 0 Å². The summed E-state index contributed by atoms with van der Waals surface area (Å²) in [5, 5.41) is 2.82. The zero-order valence-electron chi connectivity index (χ0n) is 9.53. The lowest BCUT2D eigenvalue weighted by Gasteiger charge is -2.34. The van der Waals surface area contributed by atoms with Crippen molar-refractivity contribution in [2.45, 2.75) is 37.8 Å². The second-order valence-corrected chi connectivity index (χ2v) is 4.33. The first-order chi connectivity index (χ1) is 7.70. The largest absolute Gasteiger partial charge is 0.501 e. The highest BCUT2D eigenvalue weighted by Crippen LogP contribution is 2.24. The molecule has 16 heavy (non-hydrogen) atoms. The molecule has 1 fully saturated rings. The minimum Gasteiger partial charge on any atom is -0.501 e. The van der Waals surface area contributed by atoms with Gasteiger partial charge in [0.15, 0.2) is 0 Å². The van der Waals surface area contributed by atoms with E-state index in [1.54, 1.807) is 7.11 Å². The third-order valence-corrected chi connectivity index (χ3v) is 3.26. The minimum atomic E-state index is -0.304. The quantitative estimate of drug-likeness (QED) is 0.547. The van der Waals surface area contributed by atoms with Gasteiger partial charge in [-0.15, -0.1) is 0 Å². The second-order valence-electron chi connectivity index (χ2n) is 4.33. The summed E-state index contributed by atoms with van der Waals surface area (Å²) in [7, 11) is 1.71. The Morgan fingerprint density at radius 1 is 1.56 bits per heavy atom. The van der Waals surface area contributed by atoms with Crippen LogP contribution in [0.3, 0.4) is 0 Å². The number of carbonyl (C=O) groups is 1. The van der Waals surface area contributed by atoms with Gasteiger partial charge in [-0.3, -0.25) is 4.79 Å². The summed E-state index contributed by atoms with van der Waals surface area (Å²) in [4.78, 5) is 10.9. The van der Waals surface area contributed by atoms with Crippen LogP contribution >= 0.6 is 0 Å². The number of amides is 1. The van der Waals surface area contributed by atoms with Crippen molar-refractivity contribution < 1.29 is 9.53 Å². The van der Waals surface area contributed by atoms with Crippen molar-refractivity contribution in [3.05, 3.63) is 23.5 Å². The number of nitrogens with one attached hydrogen (secondary N) is 1. The number of ether oxygens (including phenoxy) is 1. The summed E-state index contributed by atoms with van der Waals surface area (Å²) in [5.74, 6) is 1.01. The monoisotopic (exact) mass is 222 g/mol. The van der Waals surface area contributed by atoms with Gasteiger partial charge in [-0.05, 0) is 25.3 Å². The van der Waals surface area contributed by atoms with E-state index in [0.29, 0.717) is 0 Å². The molecule has 1 aliphatic heterocycles. The van der Waals surface area contributed by atoms with Gasteiger partial charge in [0, 0.05) is 6.42 Å². The van der Waals surface area contributed by atoms with E-state index in [-0.39, 0.29) is 18.0 Å². The van der Waals surface area contributed by atoms with Crippen molar-refractivity contribution in [3.63, 3.8) is 0 Å². The van der Waals surface area contributed by atoms with E-state index in [1.165, 1.54) is 5.57 Å². The number of nitrogens with two attached hydrogens (primary N) is 1. The fraction of sp³-hybridized carbons (Fsp3) is 0.583. The normalized spacial score (nSPS) is 28.8. The predicted molar refractivity (Wildman–Crippen MR) is 61.5 cm³/mol. The Morgan fingerprint density at radius 3 is 3.00 bits per heavy atom. The van der Waals surface area contributed by atoms with Gasteiger partial charge in [-0.1, -0.05) is 11.6 Å². The minimum absolute atomic E-state index is 0.0277. The number of carbonyl (C=O) groups excluding carboxylic acids is 1. The van der Waals surface area contributed by atoms with Crippen molar-refractivity contribution in [1.82, 2.24) is 5.32 Å². The van der Waals surface area contributed by atoms with Gasteiger partial charge >= 0.3 is 0 Å². The number of β-lactam (4-membered cyclic amide) rings is 1. The zero-order chi connectivity index (χ0) is 11.5. The van der Waals surface area contributed by atoms with E-state index in [0.717, 1.165) is 31.4 Å². The zero-order valence-corrected chi connectivity index (χ0v) is 9.53. The Bertz CT molecular complexity index is 347. The molecular formula is C12H18N2O2. The summed E-state index contributed by atoms with van der Waals surface area (Å²) in [5.41, 5.74) is 7.05. The third-order valence-electron chi connectivity index (χ3n) is 3.26. The Labute approximate surface area is 95.5 Å². The van der Waals surface area contributed by atoms with Gasteiger partial charge in [-0.25, -0.2) is 0 Å². The van der Waals surface area contributed by atoms with Gasteiger partial charge in [-0.2, -0.15) is 0 Å². The van der Waals surface area contributed by atoms with Gasteiger partial charge in [0.2, 0.25) is 5.91 Å². The van der Waals surface area contributed by atoms with E-state index in [2.05, 4.69) is 17.5 Å². The van der Waals surface area contributed by atoms with Gasteiger partial charge in [0.25, 0.3) is 0 Å². The number of hydrogen-bond donors (Lipinski definition) is 2. The van der Waals surface area contributed by atoms with Crippen molar-refractivity contribution in [3.8, 4) is 0 Å². The summed E-state index contributed by atoms with van der Waals surface area (Å²) in [6, 6.07) is -0.146. The molecule has 0 aromatic carbocycles. The Balaban J connectivity index is 1.75. The van der Waals surface area contributed by atoms with Crippen LogP contribution in [0.5, 0.6) is 0 Å². The van der Waals surface area contributed by atoms with E-state index in [9.17, 15) is 4.79 Å². The SMILES string of the molecule is COC1=CCC=C(CCC2NC(=O)C2N)C1. The molecule has 1 saturated heterocycles. The topological polar surface area (TPSA) is 64.3 Å². The molecular weight excluding hydrogens is 204 g/mol. The predicted octanol–water partition coefficient (Wildman–Crippen LogP) is 0.843. The number of allylic oxidation sites excluding steroid dienone is 3. The number of methoxy groups -OCH3 is 1. The lowest BCUT2D eigenvalue weighted by atomic mass is 9.91. The van der Waals surface area contributed by atoms with Crippen LogP contribution < -0.4 is 11.1 Å². The van der Waals surface area contributed by atoms with Gasteiger partial charge in [0.1, 0.15) is 6.04 Å². The Morgan fingerprint density at radius 2 is 2.38 bits per heavy atom. The number of rotatable bonds is 4. The van der Waals surface area contributed by atoms with Crippen molar-refractivity contribution in [2.75, 3.05) is 7.11 Å². The Kier molecular flexibility index (Phi) is 3.29. The molecule has 2 aliphatic rings. The molecule has 0 aromatic heterocycles. The van der Waals surface area contributed by atoms with Crippen LogP contribution in [0.2, 0.25) is 0 Å². The maximum Gasteiger partial charge on any atom is 0.239 e. The molecule has 0 saturated carbocycles. The first-order valence-electron chi connectivity index (χ1n) is 5.67. The maximum atomic E-state index is 10.9. The summed E-state index contributed by atoms with van der Waals surface area (Å²) >= 11 is 0. The first-order valence-corrected chi connectivity index (χ1v) is 5.67. The average molecular weight is 222 g/mol. The molecule has 1 amide bonds. The van der Waals surface area contributed by atoms with Gasteiger partial charge < -0.3 is 15.8 Å². The fourth-order valence-corrected chi connectivity index (χ4v) is 2.12. The molecule has 2 atom stereocenters. The van der Waals surface area contributed by atoms with E-state index >= 15 is 0 Å². The maximum absolute atomic E-state index is 10.9. The summed E-state index contributed by atoms with van der Waals surface area (Å²) in [6.07, 6.45) is 8.08. The molecule has 4 nitrogen and oxygen atoms in total. The molecule has 0 bridgehead atoms. The smallest absolute Gasteiger partial charge is 0.239 e. The molecule has 2 rings (SSSR count). The molecule has 1 heterocycles. The lowest BCUT2D eigenvalue weighted by molar-refractivity contribution is -0.130. The van der Waals surface area contributed by atoms with Crippen LogP contribution in [0.1, 0.15) is 25.7 Å². The van der Waals surface area contributed by atoms with E-state index < -0.39 is 0 Å². The second kappa shape index (κ2) is 4.70. The highest BCUT2D eigenvalue weighted by Gasteiger charge is 2.35. The van der Waals surface area contributed by atoms with Crippen LogP contribution in [0.25, 0.3) is 0 Å². The molecule has 0 spiro atoms. The van der Waals surface area contributed by atoms with Crippen LogP contribution in [-0.4, -0.2) is 25.1 Å². The molecule has 0 aromatic rings. The Hall–Kier alpha value is -1.29. The molecule has 88 valence electrons.